The first kappa shape index (κ1) is 20.6. The molecule has 22 heavy (non-hydrogen) atoms. The van der Waals surface area contributed by atoms with Gasteiger partial charge in [0.25, 0.3) is 5.69 Å². The van der Waals surface area contributed by atoms with Crippen LogP contribution < -0.4 is 10.6 Å². The van der Waals surface area contributed by atoms with Crippen molar-refractivity contribution in [2.24, 2.45) is 4.99 Å². The zero-order chi connectivity index (χ0) is 15.5. The molecule has 0 bridgehead atoms. The average Bonchev–Trinajstić information content (AvgIpc) is 2.49. The molecule has 0 aliphatic carbocycles. The Hall–Kier alpha value is -1.42. The van der Waals surface area contributed by atoms with E-state index in [-0.39, 0.29) is 29.7 Å². The maximum atomic E-state index is 10.6. The number of guanidine groups is 1. The number of halogens is 1. The Kier molecular flexibility index (Phi) is 11.4. The third-order valence-electron chi connectivity index (χ3n) is 2.73. The van der Waals surface area contributed by atoms with E-state index in [0.717, 1.165) is 31.0 Å². The fraction of sp³-hybridized carbons (Fsp3) is 0.500. The number of aliphatic imine (C=N–C) groups is 1. The number of nitrogens with zero attached hydrogens (tertiary/aromatic N) is 2. The number of hydrogen-bond donors (Lipinski definition) is 2. The molecule has 1 aromatic carbocycles. The van der Waals surface area contributed by atoms with Crippen LogP contribution in [0.3, 0.4) is 0 Å². The molecule has 0 saturated heterocycles. The minimum atomic E-state index is -0.408. The van der Waals surface area contributed by atoms with E-state index in [1.807, 2.05) is 6.92 Å². The zero-order valence-electron chi connectivity index (χ0n) is 12.9. The summed E-state index contributed by atoms with van der Waals surface area (Å²) in [6, 6.07) is 6.42. The molecule has 0 spiro atoms. The summed E-state index contributed by atoms with van der Waals surface area (Å²) < 4.78 is 4.99. The van der Waals surface area contributed by atoms with Crippen LogP contribution in [-0.2, 0) is 11.3 Å². The highest BCUT2D eigenvalue weighted by Gasteiger charge is 2.03. The summed E-state index contributed by atoms with van der Waals surface area (Å²) in [6.07, 6.45) is 0.901. The van der Waals surface area contributed by atoms with Gasteiger partial charge in [0.05, 0.1) is 11.5 Å². The lowest BCUT2D eigenvalue weighted by Crippen LogP contribution is -2.38. The van der Waals surface area contributed by atoms with Crippen LogP contribution in [0, 0.1) is 10.1 Å². The molecule has 8 heteroatoms. The highest BCUT2D eigenvalue weighted by atomic mass is 127. The number of benzene rings is 1. The predicted molar refractivity (Wildman–Crippen MR) is 97.8 cm³/mol. The molecule has 0 amide bonds. The first-order chi connectivity index (χ1) is 10.2. The van der Waals surface area contributed by atoms with Crippen molar-refractivity contribution in [2.45, 2.75) is 19.9 Å². The molecule has 0 unspecified atom stereocenters. The molecule has 0 aliphatic rings. The maximum Gasteiger partial charge on any atom is 0.269 e. The van der Waals surface area contributed by atoms with Gasteiger partial charge >= 0.3 is 0 Å². The highest BCUT2D eigenvalue weighted by Crippen LogP contribution is 2.12. The number of non-ortho nitro benzene ring substituents is 1. The van der Waals surface area contributed by atoms with Gasteiger partial charge < -0.3 is 15.4 Å². The van der Waals surface area contributed by atoms with Gasteiger partial charge in [-0.2, -0.15) is 0 Å². The van der Waals surface area contributed by atoms with E-state index < -0.39 is 4.92 Å². The van der Waals surface area contributed by atoms with Crippen LogP contribution in [-0.4, -0.2) is 37.7 Å². The molecule has 124 valence electrons. The van der Waals surface area contributed by atoms with Crippen molar-refractivity contribution in [3.63, 3.8) is 0 Å². The summed E-state index contributed by atoms with van der Waals surface area (Å²) in [5, 5.41) is 16.9. The van der Waals surface area contributed by atoms with Gasteiger partial charge in [0.1, 0.15) is 0 Å². The number of rotatable bonds is 8. The SMILES string of the molecule is CCNC(=NCc1ccc([N+](=O)[O-])cc1)NCCCOC.I. The number of methoxy groups -OCH3 is 1. The van der Waals surface area contributed by atoms with E-state index in [2.05, 4.69) is 15.6 Å². The van der Waals surface area contributed by atoms with Crippen LogP contribution in [0.15, 0.2) is 29.3 Å². The second-order valence-corrected chi connectivity index (χ2v) is 4.39. The maximum absolute atomic E-state index is 10.6. The molecule has 1 rings (SSSR count). The van der Waals surface area contributed by atoms with Crippen LogP contribution in [0.5, 0.6) is 0 Å². The Morgan fingerprint density at radius 2 is 2.00 bits per heavy atom. The largest absolute Gasteiger partial charge is 0.385 e. The molecule has 0 aliphatic heterocycles. The zero-order valence-corrected chi connectivity index (χ0v) is 15.2. The highest BCUT2D eigenvalue weighted by molar-refractivity contribution is 14.0. The Bertz CT molecular complexity index is 466. The van der Waals surface area contributed by atoms with Crippen LogP contribution in [0.2, 0.25) is 0 Å². The van der Waals surface area contributed by atoms with Gasteiger partial charge in [-0.15, -0.1) is 24.0 Å². The normalized spacial score (nSPS) is 10.7. The van der Waals surface area contributed by atoms with Crippen molar-refractivity contribution < 1.29 is 9.66 Å². The Balaban J connectivity index is 0.00000441. The summed E-state index contributed by atoms with van der Waals surface area (Å²) >= 11 is 0. The number of nitrogens with one attached hydrogen (secondary N) is 2. The van der Waals surface area contributed by atoms with Gasteiger partial charge in [-0.3, -0.25) is 10.1 Å². The van der Waals surface area contributed by atoms with Gasteiger partial charge in [0.15, 0.2) is 5.96 Å². The molecule has 0 saturated carbocycles. The third kappa shape index (κ3) is 8.13. The first-order valence-corrected chi connectivity index (χ1v) is 6.91. The molecular weight excluding hydrogens is 399 g/mol. The van der Waals surface area contributed by atoms with E-state index in [1.165, 1.54) is 12.1 Å². The molecular formula is C14H23IN4O3. The van der Waals surface area contributed by atoms with Crippen LogP contribution in [0.25, 0.3) is 0 Å². The lowest BCUT2D eigenvalue weighted by molar-refractivity contribution is -0.384. The fourth-order valence-electron chi connectivity index (χ4n) is 1.66. The second-order valence-electron chi connectivity index (χ2n) is 4.39. The lowest BCUT2D eigenvalue weighted by atomic mass is 10.2. The van der Waals surface area contributed by atoms with Crippen LogP contribution in [0.1, 0.15) is 18.9 Å². The average molecular weight is 422 g/mol. The van der Waals surface area contributed by atoms with Gasteiger partial charge in [-0.1, -0.05) is 12.1 Å². The monoisotopic (exact) mass is 422 g/mol. The minimum absolute atomic E-state index is 0. The van der Waals surface area contributed by atoms with Crippen molar-refractivity contribution in [3.05, 3.63) is 39.9 Å². The van der Waals surface area contributed by atoms with Crippen molar-refractivity contribution in [1.82, 2.24) is 10.6 Å². The van der Waals surface area contributed by atoms with Gasteiger partial charge in [-0.25, -0.2) is 4.99 Å². The molecule has 1 aromatic rings. The number of nitro groups is 1. The first-order valence-electron chi connectivity index (χ1n) is 6.91. The number of nitro benzene ring substituents is 1. The standard InChI is InChI=1S/C14H22N4O3.HI/c1-3-15-14(16-9-4-10-21-2)17-11-12-5-7-13(8-6-12)18(19)20;/h5-8H,3-4,9-11H2,1-2H3,(H2,15,16,17);1H. The van der Waals surface area contributed by atoms with E-state index in [4.69, 9.17) is 4.74 Å². The quantitative estimate of drug-likeness (QED) is 0.168. The van der Waals surface area contributed by atoms with Gasteiger partial charge in [0, 0.05) is 38.9 Å². The summed E-state index contributed by atoms with van der Waals surface area (Å²) in [6.45, 7) is 4.72. The Morgan fingerprint density at radius 3 is 2.55 bits per heavy atom. The fourth-order valence-corrected chi connectivity index (χ4v) is 1.66. The molecule has 0 heterocycles. The predicted octanol–water partition coefficient (Wildman–Crippen LogP) is 2.30. The molecule has 2 N–H and O–H groups in total. The minimum Gasteiger partial charge on any atom is -0.385 e. The van der Waals surface area contributed by atoms with Crippen molar-refractivity contribution in [3.8, 4) is 0 Å². The van der Waals surface area contributed by atoms with E-state index in [1.54, 1.807) is 19.2 Å². The molecule has 0 radical (unpaired) electrons. The third-order valence-corrected chi connectivity index (χ3v) is 2.73. The Labute approximate surface area is 147 Å². The summed E-state index contributed by atoms with van der Waals surface area (Å²) in [5.41, 5.74) is 1.02. The summed E-state index contributed by atoms with van der Waals surface area (Å²) in [7, 11) is 1.67. The topological polar surface area (TPSA) is 88.8 Å². The molecule has 0 atom stereocenters. The second kappa shape index (κ2) is 12.2. The number of hydrogen-bond acceptors (Lipinski definition) is 4. The van der Waals surface area contributed by atoms with Crippen LogP contribution >= 0.6 is 24.0 Å². The van der Waals surface area contributed by atoms with Crippen molar-refractivity contribution in [2.75, 3.05) is 26.8 Å². The number of ether oxygens (including phenoxy) is 1. The summed E-state index contributed by atoms with van der Waals surface area (Å²) in [4.78, 5) is 14.6. The van der Waals surface area contributed by atoms with E-state index in [0.29, 0.717) is 13.2 Å². The smallest absolute Gasteiger partial charge is 0.269 e. The Morgan fingerprint density at radius 1 is 1.32 bits per heavy atom. The molecule has 0 aromatic heterocycles. The van der Waals surface area contributed by atoms with Crippen molar-refractivity contribution in [1.29, 1.82) is 0 Å². The van der Waals surface area contributed by atoms with E-state index >= 15 is 0 Å². The van der Waals surface area contributed by atoms with Crippen LogP contribution in [0.4, 0.5) is 5.69 Å². The molecule has 7 nitrogen and oxygen atoms in total. The van der Waals surface area contributed by atoms with Crippen molar-refractivity contribution >= 4 is 35.6 Å². The van der Waals surface area contributed by atoms with Gasteiger partial charge in [0.2, 0.25) is 0 Å². The summed E-state index contributed by atoms with van der Waals surface area (Å²) in [5.74, 6) is 0.729. The lowest BCUT2D eigenvalue weighted by Gasteiger charge is -2.10. The van der Waals surface area contributed by atoms with E-state index in [9.17, 15) is 10.1 Å². The molecule has 0 fully saturated rings. The van der Waals surface area contributed by atoms with Gasteiger partial charge in [-0.05, 0) is 18.9 Å².